The summed E-state index contributed by atoms with van der Waals surface area (Å²) in [7, 11) is 0. The van der Waals surface area contributed by atoms with Crippen LogP contribution < -0.4 is 0 Å². The molecule has 0 nitrogen and oxygen atoms in total. The minimum absolute atomic E-state index is 0.444. The highest BCUT2D eigenvalue weighted by Gasteiger charge is 2.05. The first kappa shape index (κ1) is 17.2. The van der Waals surface area contributed by atoms with Gasteiger partial charge < -0.3 is 0 Å². The molecule has 18 heavy (non-hydrogen) atoms. The molecule has 0 atom stereocenters. The van der Waals surface area contributed by atoms with Crippen molar-refractivity contribution < 1.29 is 0 Å². The summed E-state index contributed by atoms with van der Waals surface area (Å²) < 4.78 is 0.888. The van der Waals surface area contributed by atoms with Crippen LogP contribution in [0.4, 0.5) is 0 Å². The summed E-state index contributed by atoms with van der Waals surface area (Å²) in [4.78, 5) is 0. The smallest absolute Gasteiger partial charge is 0.0698 e. The number of aryl methyl sites for hydroxylation is 2. The van der Waals surface area contributed by atoms with Gasteiger partial charge in [-0.25, -0.2) is 0 Å². The Morgan fingerprint density at radius 3 is 1.44 bits per heavy atom. The molecular formula is C14H18Br4. The highest BCUT2D eigenvalue weighted by atomic mass is 79.9. The second-order valence-electron chi connectivity index (χ2n) is 4.34. The lowest BCUT2D eigenvalue weighted by atomic mass is 9.98. The van der Waals surface area contributed by atoms with E-state index in [1.54, 1.807) is 0 Å². The zero-order chi connectivity index (χ0) is 13.4. The summed E-state index contributed by atoms with van der Waals surface area (Å²) in [6.07, 6.45) is 7.12. The molecule has 0 unspecified atom stereocenters. The second kappa shape index (κ2) is 9.95. The van der Waals surface area contributed by atoms with Crippen molar-refractivity contribution in [3.63, 3.8) is 0 Å². The molecule has 1 rings (SSSR count). The number of rotatable bonds is 8. The van der Waals surface area contributed by atoms with Crippen LogP contribution in [0.25, 0.3) is 0 Å². The van der Waals surface area contributed by atoms with E-state index in [9.17, 15) is 0 Å². The first-order valence-electron chi connectivity index (χ1n) is 6.22. The van der Waals surface area contributed by atoms with Gasteiger partial charge in [0, 0.05) is 0 Å². The van der Waals surface area contributed by atoms with Crippen molar-refractivity contribution in [2.45, 2.75) is 46.0 Å². The molecule has 0 aliphatic heterocycles. The lowest BCUT2D eigenvalue weighted by molar-refractivity contribution is 0.757. The van der Waals surface area contributed by atoms with Gasteiger partial charge in [-0.1, -0.05) is 88.0 Å². The van der Waals surface area contributed by atoms with E-state index in [1.165, 1.54) is 49.7 Å². The minimum atomic E-state index is 0.444. The fourth-order valence-electron chi connectivity index (χ4n) is 1.94. The van der Waals surface area contributed by atoms with E-state index in [0.29, 0.717) is 7.47 Å². The highest BCUT2D eigenvalue weighted by molar-refractivity contribution is 9.25. The molecule has 0 radical (unpaired) electrons. The first-order valence-corrected chi connectivity index (χ1v) is 9.89. The van der Waals surface area contributed by atoms with E-state index in [-0.39, 0.29) is 0 Å². The maximum atomic E-state index is 3.53. The van der Waals surface area contributed by atoms with Gasteiger partial charge in [0.15, 0.2) is 0 Å². The van der Waals surface area contributed by atoms with Crippen LogP contribution in [-0.4, -0.2) is 7.47 Å². The maximum absolute atomic E-state index is 3.53. The lowest BCUT2D eigenvalue weighted by Gasteiger charge is -2.10. The van der Waals surface area contributed by atoms with E-state index >= 15 is 0 Å². The molecule has 4 heteroatoms. The molecule has 0 fully saturated rings. The fraction of sp³-hybridized carbons (Fsp3) is 0.571. The first-order chi connectivity index (χ1) is 8.59. The third-order valence-electron chi connectivity index (χ3n) is 2.86. The summed E-state index contributed by atoms with van der Waals surface area (Å²) >= 11 is 14.1. The minimum Gasteiger partial charge on any atom is -0.0765 e. The summed E-state index contributed by atoms with van der Waals surface area (Å²) in [5.41, 5.74) is 3.03. The molecule has 0 aliphatic carbocycles. The second-order valence-corrected chi connectivity index (χ2v) is 11.2. The van der Waals surface area contributed by atoms with Crippen LogP contribution in [0, 0.1) is 0 Å². The van der Waals surface area contributed by atoms with Gasteiger partial charge in [-0.15, -0.1) is 0 Å². The third-order valence-corrected chi connectivity index (χ3v) is 4.69. The van der Waals surface area contributed by atoms with Gasteiger partial charge in [0.2, 0.25) is 0 Å². The average molecular weight is 506 g/mol. The molecule has 0 saturated heterocycles. The molecule has 0 aromatic heterocycles. The van der Waals surface area contributed by atoms with Crippen molar-refractivity contribution >= 4 is 63.7 Å². The molecule has 1 aromatic rings. The summed E-state index contributed by atoms with van der Waals surface area (Å²) in [6.45, 7) is 0. The van der Waals surface area contributed by atoms with Crippen LogP contribution in [0.5, 0.6) is 0 Å². The van der Waals surface area contributed by atoms with Crippen molar-refractivity contribution in [3.05, 3.63) is 35.4 Å². The Morgan fingerprint density at radius 2 is 1.11 bits per heavy atom. The number of alkyl halides is 4. The molecule has 1 aromatic carbocycles. The molecule has 0 heterocycles. The predicted octanol–water partition coefficient (Wildman–Crippen LogP) is 6.56. The predicted molar refractivity (Wildman–Crippen MR) is 95.6 cm³/mol. The van der Waals surface area contributed by atoms with E-state index in [4.69, 9.17) is 0 Å². The molecule has 0 amide bonds. The summed E-state index contributed by atoms with van der Waals surface area (Å²) in [5, 5.41) is 0. The van der Waals surface area contributed by atoms with Crippen LogP contribution in [0.1, 0.15) is 36.8 Å². The Hall–Kier alpha value is 1.14. The number of hydrogen-bond donors (Lipinski definition) is 0. The fourth-order valence-corrected chi connectivity index (χ4v) is 3.23. The van der Waals surface area contributed by atoms with Gasteiger partial charge in [-0.3, -0.25) is 0 Å². The van der Waals surface area contributed by atoms with Crippen LogP contribution >= 0.6 is 63.7 Å². The molecule has 0 spiro atoms. The Labute approximate surface area is 144 Å². The summed E-state index contributed by atoms with van der Waals surface area (Å²) in [6, 6.07) is 8.84. The topological polar surface area (TPSA) is 0 Å². The third kappa shape index (κ3) is 7.66. The normalized spacial score (nSPS) is 11.4. The van der Waals surface area contributed by atoms with Crippen LogP contribution in [-0.2, 0) is 12.8 Å². The van der Waals surface area contributed by atoms with Gasteiger partial charge in [0.25, 0.3) is 0 Å². The van der Waals surface area contributed by atoms with Crippen molar-refractivity contribution in [1.29, 1.82) is 0 Å². The average Bonchev–Trinajstić information content (AvgIpc) is 2.30. The van der Waals surface area contributed by atoms with Gasteiger partial charge in [0.05, 0.1) is 7.47 Å². The van der Waals surface area contributed by atoms with Crippen molar-refractivity contribution in [2.75, 3.05) is 0 Å². The van der Waals surface area contributed by atoms with Gasteiger partial charge in [-0.05, 0) is 49.7 Å². The van der Waals surface area contributed by atoms with Crippen molar-refractivity contribution in [3.8, 4) is 0 Å². The zero-order valence-electron chi connectivity index (χ0n) is 10.2. The molecular weight excluding hydrogens is 488 g/mol. The Morgan fingerprint density at radius 1 is 0.722 bits per heavy atom. The Bertz CT molecular complexity index is 303. The van der Waals surface area contributed by atoms with E-state index in [0.717, 1.165) is 0 Å². The van der Waals surface area contributed by atoms with Crippen LogP contribution in [0.2, 0.25) is 0 Å². The highest BCUT2D eigenvalue weighted by Crippen LogP contribution is 2.21. The van der Waals surface area contributed by atoms with Crippen molar-refractivity contribution in [1.82, 2.24) is 0 Å². The van der Waals surface area contributed by atoms with Crippen molar-refractivity contribution in [2.24, 2.45) is 0 Å². The van der Waals surface area contributed by atoms with E-state index in [1.807, 2.05) is 0 Å². The van der Waals surface area contributed by atoms with E-state index < -0.39 is 0 Å². The monoisotopic (exact) mass is 502 g/mol. The molecule has 0 saturated carbocycles. The summed E-state index contributed by atoms with van der Waals surface area (Å²) in [5.74, 6) is 0. The maximum Gasteiger partial charge on any atom is 0.0698 e. The molecule has 0 bridgehead atoms. The number of hydrogen-bond acceptors (Lipinski definition) is 0. The molecule has 102 valence electrons. The van der Waals surface area contributed by atoms with Gasteiger partial charge in [0.1, 0.15) is 0 Å². The molecule has 0 aliphatic rings. The quantitative estimate of drug-likeness (QED) is 0.351. The van der Waals surface area contributed by atoms with Crippen LogP contribution in [0.3, 0.4) is 0 Å². The van der Waals surface area contributed by atoms with Crippen LogP contribution in [0.15, 0.2) is 24.3 Å². The Kier molecular flexibility index (Phi) is 9.51. The van der Waals surface area contributed by atoms with E-state index in [2.05, 4.69) is 88.0 Å². The standard InChI is InChI=1S/C14H18Br4/c15-13(16)9-3-7-11-5-1-2-6-12(11)8-4-10-14(17)18/h1-2,5-6,13-14H,3-4,7-10H2. The zero-order valence-corrected chi connectivity index (χ0v) is 16.6. The molecule has 0 N–H and O–H groups in total. The lowest BCUT2D eigenvalue weighted by Crippen LogP contribution is -1.97. The number of benzene rings is 1. The van der Waals surface area contributed by atoms with Gasteiger partial charge in [-0.2, -0.15) is 0 Å². The van der Waals surface area contributed by atoms with Gasteiger partial charge >= 0.3 is 0 Å². The largest absolute Gasteiger partial charge is 0.0765 e. The Balaban J connectivity index is 2.45. The SMILES string of the molecule is BrC(Br)CCCc1ccccc1CCCC(Br)Br. The number of halogens is 4.